The minimum absolute atomic E-state index is 0.179. The number of carbonyl (C=O) groups is 1. The molecule has 0 radical (unpaired) electrons. The van der Waals surface area contributed by atoms with Gasteiger partial charge in [0.15, 0.2) is 0 Å². The lowest BCUT2D eigenvalue weighted by atomic mass is 10.1. The summed E-state index contributed by atoms with van der Waals surface area (Å²) >= 11 is 0. The Morgan fingerprint density at radius 2 is 2.00 bits per heavy atom. The Hall–Kier alpha value is -0.870. The van der Waals surface area contributed by atoms with Crippen LogP contribution in [0.4, 0.5) is 0 Å². The van der Waals surface area contributed by atoms with Gasteiger partial charge in [-0.05, 0) is 6.92 Å². The topological polar surface area (TPSA) is 83.6 Å². The molecule has 0 aliphatic rings. The van der Waals surface area contributed by atoms with Crippen molar-refractivity contribution in [2.45, 2.75) is 6.92 Å². The van der Waals surface area contributed by atoms with Gasteiger partial charge in [0.05, 0.1) is 13.2 Å². The third-order valence-electron chi connectivity index (χ3n) is 1.34. The van der Waals surface area contributed by atoms with Gasteiger partial charge in [0, 0.05) is 11.5 Å². The molecule has 1 amide bonds. The van der Waals surface area contributed by atoms with Crippen molar-refractivity contribution in [2.75, 3.05) is 13.2 Å². The summed E-state index contributed by atoms with van der Waals surface area (Å²) in [5.74, 6) is -0.917. The largest absolute Gasteiger partial charge is 0.396 e. The first-order valence-electron chi connectivity index (χ1n) is 3.31. The third-order valence-corrected chi connectivity index (χ3v) is 1.34. The Morgan fingerprint density at radius 1 is 1.55 bits per heavy atom. The molecule has 4 N–H and O–H groups in total. The van der Waals surface area contributed by atoms with Gasteiger partial charge in [-0.25, -0.2) is 0 Å². The average molecular weight is 159 g/mol. The van der Waals surface area contributed by atoms with E-state index in [9.17, 15) is 4.79 Å². The molecule has 0 saturated heterocycles. The quantitative estimate of drug-likeness (QED) is 0.461. The van der Waals surface area contributed by atoms with E-state index in [0.717, 1.165) is 0 Å². The fraction of sp³-hybridized carbons (Fsp3) is 0.571. The third kappa shape index (κ3) is 3.75. The van der Waals surface area contributed by atoms with Crippen LogP contribution in [0.15, 0.2) is 11.6 Å². The number of aliphatic hydroxyl groups excluding tert-OH is 2. The number of carbonyl (C=O) groups excluding carboxylic acids is 1. The first kappa shape index (κ1) is 10.1. The van der Waals surface area contributed by atoms with Crippen LogP contribution in [0.1, 0.15) is 6.92 Å². The molecule has 4 heteroatoms. The average Bonchev–Trinajstić information content (AvgIpc) is 1.99. The highest BCUT2D eigenvalue weighted by molar-refractivity contribution is 5.91. The van der Waals surface area contributed by atoms with Gasteiger partial charge in [-0.3, -0.25) is 4.79 Å². The van der Waals surface area contributed by atoms with Crippen LogP contribution >= 0.6 is 0 Å². The van der Waals surface area contributed by atoms with E-state index in [-0.39, 0.29) is 19.1 Å². The van der Waals surface area contributed by atoms with Gasteiger partial charge in [0.2, 0.25) is 5.91 Å². The number of hydrogen-bond acceptors (Lipinski definition) is 3. The second-order valence-corrected chi connectivity index (χ2v) is 2.34. The molecule has 0 rings (SSSR count). The zero-order valence-electron chi connectivity index (χ0n) is 6.45. The number of hydrogen-bond donors (Lipinski definition) is 3. The molecule has 0 spiro atoms. The Labute approximate surface area is 65.3 Å². The summed E-state index contributed by atoms with van der Waals surface area (Å²) in [4.78, 5) is 10.5. The van der Waals surface area contributed by atoms with E-state index in [1.165, 1.54) is 6.08 Å². The van der Waals surface area contributed by atoms with Crippen molar-refractivity contribution in [3.63, 3.8) is 0 Å². The van der Waals surface area contributed by atoms with Gasteiger partial charge in [0.25, 0.3) is 0 Å². The second kappa shape index (κ2) is 4.87. The van der Waals surface area contributed by atoms with Crippen LogP contribution in [0.25, 0.3) is 0 Å². The number of nitrogens with two attached hydrogens (primary N) is 1. The van der Waals surface area contributed by atoms with Gasteiger partial charge in [-0.15, -0.1) is 0 Å². The fourth-order valence-corrected chi connectivity index (χ4v) is 0.599. The molecule has 0 fully saturated rings. The number of amides is 1. The van der Waals surface area contributed by atoms with Crippen molar-refractivity contribution in [3.05, 3.63) is 11.6 Å². The molecule has 0 aromatic rings. The van der Waals surface area contributed by atoms with E-state index < -0.39 is 5.91 Å². The van der Waals surface area contributed by atoms with Crippen LogP contribution in [0.2, 0.25) is 0 Å². The van der Waals surface area contributed by atoms with Crippen LogP contribution in [0.3, 0.4) is 0 Å². The zero-order chi connectivity index (χ0) is 8.85. The standard InChI is InChI=1S/C7H13NO3/c1-5(7(8)11)2-6(3-9)4-10/h2,6,9-10H,3-4H2,1H3,(H2,8,11). The maximum Gasteiger partial charge on any atom is 0.244 e. The summed E-state index contributed by atoms with van der Waals surface area (Å²) in [6, 6.07) is 0. The molecule has 0 aliphatic heterocycles. The van der Waals surface area contributed by atoms with Crippen LogP contribution in [-0.2, 0) is 4.79 Å². The molecule has 0 aliphatic carbocycles. The van der Waals surface area contributed by atoms with Crippen molar-refractivity contribution in [3.8, 4) is 0 Å². The summed E-state index contributed by atoms with van der Waals surface area (Å²) in [5, 5.41) is 17.2. The maximum absolute atomic E-state index is 10.5. The summed E-state index contributed by atoms with van der Waals surface area (Å²) in [7, 11) is 0. The molecule has 11 heavy (non-hydrogen) atoms. The minimum atomic E-state index is -0.531. The number of aliphatic hydroxyl groups is 2. The highest BCUT2D eigenvalue weighted by Crippen LogP contribution is 2.01. The van der Waals surface area contributed by atoms with E-state index in [2.05, 4.69) is 0 Å². The van der Waals surface area contributed by atoms with Crippen molar-refractivity contribution >= 4 is 5.91 Å². The molecule has 0 bridgehead atoms. The van der Waals surface area contributed by atoms with Crippen molar-refractivity contribution in [2.24, 2.45) is 11.7 Å². The lowest BCUT2D eigenvalue weighted by Crippen LogP contribution is -2.15. The molecule has 0 heterocycles. The van der Waals surface area contributed by atoms with Crippen molar-refractivity contribution in [1.29, 1.82) is 0 Å². The Kier molecular flexibility index (Phi) is 4.49. The Balaban J connectivity index is 4.14. The van der Waals surface area contributed by atoms with E-state index in [1.54, 1.807) is 6.92 Å². The second-order valence-electron chi connectivity index (χ2n) is 2.34. The minimum Gasteiger partial charge on any atom is -0.396 e. The molecule has 4 nitrogen and oxygen atoms in total. The molecule has 0 unspecified atom stereocenters. The summed E-state index contributed by atoms with van der Waals surface area (Å²) in [6.45, 7) is 1.18. The van der Waals surface area contributed by atoms with E-state index in [0.29, 0.717) is 5.57 Å². The van der Waals surface area contributed by atoms with Gasteiger partial charge in [0.1, 0.15) is 0 Å². The Bertz CT molecular complexity index is 161. The zero-order valence-corrected chi connectivity index (χ0v) is 6.45. The summed E-state index contributed by atoms with van der Waals surface area (Å²) in [5.41, 5.74) is 5.28. The molecule has 0 saturated carbocycles. The SMILES string of the molecule is CC(=CC(CO)CO)C(N)=O. The smallest absolute Gasteiger partial charge is 0.244 e. The highest BCUT2D eigenvalue weighted by atomic mass is 16.3. The first-order valence-corrected chi connectivity index (χ1v) is 3.31. The predicted molar refractivity (Wildman–Crippen MR) is 40.6 cm³/mol. The van der Waals surface area contributed by atoms with Gasteiger partial charge in [-0.2, -0.15) is 0 Å². The van der Waals surface area contributed by atoms with Crippen LogP contribution in [0, 0.1) is 5.92 Å². The molecule has 64 valence electrons. The summed E-state index contributed by atoms with van der Waals surface area (Å²) in [6.07, 6.45) is 1.46. The van der Waals surface area contributed by atoms with E-state index in [4.69, 9.17) is 15.9 Å². The van der Waals surface area contributed by atoms with Crippen LogP contribution < -0.4 is 5.73 Å². The molecular formula is C7H13NO3. The van der Waals surface area contributed by atoms with Crippen LogP contribution in [0.5, 0.6) is 0 Å². The van der Waals surface area contributed by atoms with Crippen LogP contribution in [-0.4, -0.2) is 29.3 Å². The van der Waals surface area contributed by atoms with Crippen molar-refractivity contribution < 1.29 is 15.0 Å². The Morgan fingerprint density at radius 3 is 2.27 bits per heavy atom. The molecule has 0 atom stereocenters. The monoisotopic (exact) mass is 159 g/mol. The highest BCUT2D eigenvalue weighted by Gasteiger charge is 2.04. The lowest BCUT2D eigenvalue weighted by molar-refractivity contribution is -0.114. The van der Waals surface area contributed by atoms with E-state index in [1.807, 2.05) is 0 Å². The van der Waals surface area contributed by atoms with Gasteiger partial charge < -0.3 is 15.9 Å². The normalized spacial score (nSPS) is 12.2. The van der Waals surface area contributed by atoms with E-state index >= 15 is 0 Å². The molecule has 0 aromatic heterocycles. The fourth-order valence-electron chi connectivity index (χ4n) is 0.599. The van der Waals surface area contributed by atoms with Gasteiger partial charge >= 0.3 is 0 Å². The maximum atomic E-state index is 10.5. The molecule has 0 aromatic carbocycles. The predicted octanol–water partition coefficient (Wildman–Crippen LogP) is -0.981. The first-order chi connectivity index (χ1) is 5.11. The lowest BCUT2D eigenvalue weighted by Gasteiger charge is -2.04. The summed E-state index contributed by atoms with van der Waals surface area (Å²) < 4.78 is 0. The van der Waals surface area contributed by atoms with Crippen molar-refractivity contribution in [1.82, 2.24) is 0 Å². The number of rotatable bonds is 4. The number of primary amides is 1. The molecular weight excluding hydrogens is 146 g/mol. The van der Waals surface area contributed by atoms with Gasteiger partial charge in [-0.1, -0.05) is 6.08 Å².